The number of amides is 2. The van der Waals surface area contributed by atoms with Crippen LogP contribution in [0.5, 0.6) is 0 Å². The average molecular weight is 429 g/mol. The Bertz CT molecular complexity index is 1080. The van der Waals surface area contributed by atoms with Gasteiger partial charge in [0.2, 0.25) is 11.8 Å². The molecule has 0 bridgehead atoms. The highest BCUT2D eigenvalue weighted by molar-refractivity contribution is 6.06. The number of carbonyl (C=O) groups excluding carboxylic acids is 2. The molecule has 2 heterocycles. The fraction of sp³-hybridized carbons (Fsp3) is 0.346. The Kier molecular flexibility index (Phi) is 5.75. The van der Waals surface area contributed by atoms with Gasteiger partial charge in [0.1, 0.15) is 0 Å². The van der Waals surface area contributed by atoms with Crippen molar-refractivity contribution in [2.75, 3.05) is 9.80 Å². The zero-order valence-corrected chi connectivity index (χ0v) is 18.1. The summed E-state index contributed by atoms with van der Waals surface area (Å²) in [4.78, 5) is 35.2. The van der Waals surface area contributed by atoms with Crippen molar-refractivity contribution in [2.24, 2.45) is 5.92 Å². The molecule has 0 spiro atoms. The van der Waals surface area contributed by atoms with Crippen LogP contribution in [0.4, 0.5) is 11.4 Å². The molecule has 2 amide bonds. The van der Waals surface area contributed by atoms with Crippen LogP contribution in [0.1, 0.15) is 37.7 Å². The molecule has 2 atom stereocenters. The summed E-state index contributed by atoms with van der Waals surface area (Å²) in [6.07, 6.45) is 9.32. The first-order valence-corrected chi connectivity index (χ1v) is 11.4. The van der Waals surface area contributed by atoms with E-state index in [1.54, 1.807) is 12.5 Å². The lowest BCUT2D eigenvalue weighted by atomic mass is 10.00. The predicted molar refractivity (Wildman–Crippen MR) is 124 cm³/mol. The summed E-state index contributed by atoms with van der Waals surface area (Å²) in [5.41, 5.74) is 2.78. The first kappa shape index (κ1) is 20.5. The van der Waals surface area contributed by atoms with Crippen LogP contribution in [0, 0.1) is 5.92 Å². The number of hydrogen-bond donors (Lipinski definition) is 0. The van der Waals surface area contributed by atoms with Gasteiger partial charge in [0.05, 0.1) is 30.2 Å². The summed E-state index contributed by atoms with van der Waals surface area (Å²) in [7, 11) is 0. The predicted octanol–water partition coefficient (Wildman–Crippen LogP) is 4.41. The number of aromatic nitrogens is 2. The third kappa shape index (κ3) is 3.93. The summed E-state index contributed by atoms with van der Waals surface area (Å²) in [5.74, 6) is 0.0880. The summed E-state index contributed by atoms with van der Waals surface area (Å²) in [5, 5.41) is 0. The minimum absolute atomic E-state index is 0.0647. The van der Waals surface area contributed by atoms with Gasteiger partial charge in [-0.3, -0.25) is 9.59 Å². The van der Waals surface area contributed by atoms with Gasteiger partial charge in [-0.1, -0.05) is 48.9 Å². The third-order valence-corrected chi connectivity index (χ3v) is 6.64. The number of fused-ring (bicyclic) bond motifs is 2. The molecule has 6 heteroatoms. The molecule has 0 unspecified atom stereocenters. The molecule has 1 aromatic heterocycles. The molecule has 3 aromatic rings. The number of imidazole rings is 1. The van der Waals surface area contributed by atoms with Crippen LogP contribution in [0.3, 0.4) is 0 Å². The van der Waals surface area contributed by atoms with Gasteiger partial charge in [-0.15, -0.1) is 0 Å². The molecule has 1 aliphatic carbocycles. The Morgan fingerprint density at radius 3 is 2.56 bits per heavy atom. The van der Waals surface area contributed by atoms with Gasteiger partial charge in [-0.2, -0.15) is 0 Å². The van der Waals surface area contributed by atoms with Crippen molar-refractivity contribution >= 4 is 23.2 Å². The van der Waals surface area contributed by atoms with Gasteiger partial charge in [0.15, 0.2) is 0 Å². The van der Waals surface area contributed by atoms with Crippen molar-refractivity contribution in [1.82, 2.24) is 9.55 Å². The molecule has 1 aliphatic heterocycles. The van der Waals surface area contributed by atoms with E-state index in [-0.39, 0.29) is 23.8 Å². The number of benzene rings is 2. The average Bonchev–Trinajstić information content (AvgIpc) is 3.49. The van der Waals surface area contributed by atoms with Gasteiger partial charge in [0.25, 0.3) is 0 Å². The minimum Gasteiger partial charge on any atom is -0.337 e. The highest BCUT2D eigenvalue weighted by Crippen LogP contribution is 2.43. The van der Waals surface area contributed by atoms with E-state index >= 15 is 0 Å². The van der Waals surface area contributed by atoms with Crippen LogP contribution in [-0.4, -0.2) is 27.4 Å². The monoisotopic (exact) mass is 428 g/mol. The lowest BCUT2D eigenvalue weighted by Gasteiger charge is -2.30. The van der Waals surface area contributed by atoms with Crippen molar-refractivity contribution < 1.29 is 9.59 Å². The summed E-state index contributed by atoms with van der Waals surface area (Å²) < 4.78 is 1.99. The highest BCUT2D eigenvalue weighted by Gasteiger charge is 2.45. The molecule has 6 nitrogen and oxygen atoms in total. The van der Waals surface area contributed by atoms with Crippen molar-refractivity contribution in [1.29, 1.82) is 0 Å². The van der Waals surface area contributed by atoms with E-state index in [0.29, 0.717) is 13.0 Å². The van der Waals surface area contributed by atoms with Gasteiger partial charge in [0, 0.05) is 31.4 Å². The topological polar surface area (TPSA) is 58.4 Å². The second kappa shape index (κ2) is 8.99. The van der Waals surface area contributed by atoms with Crippen LogP contribution in [0.15, 0.2) is 73.3 Å². The van der Waals surface area contributed by atoms with E-state index in [9.17, 15) is 9.59 Å². The Morgan fingerprint density at radius 2 is 1.78 bits per heavy atom. The van der Waals surface area contributed by atoms with Crippen LogP contribution in [0.25, 0.3) is 0 Å². The number of carbonyl (C=O) groups is 2. The first-order chi connectivity index (χ1) is 15.7. The van der Waals surface area contributed by atoms with Crippen molar-refractivity contribution in [3.8, 4) is 0 Å². The molecule has 2 aromatic carbocycles. The third-order valence-electron chi connectivity index (χ3n) is 6.64. The van der Waals surface area contributed by atoms with Crippen molar-refractivity contribution in [3.05, 3.63) is 78.9 Å². The van der Waals surface area contributed by atoms with Gasteiger partial charge in [-0.25, -0.2) is 4.98 Å². The molecule has 164 valence electrons. The smallest absolute Gasteiger partial charge is 0.232 e. The summed E-state index contributed by atoms with van der Waals surface area (Å²) in [6, 6.07) is 17.9. The van der Waals surface area contributed by atoms with E-state index in [4.69, 9.17) is 0 Å². The second-order valence-electron chi connectivity index (χ2n) is 8.67. The standard InChI is InChI=1S/C26H28N4O2/c31-25(14-7-16-28-17-15-27-19-28)30-22-13-6-10-21(22)26(32)29(18-20-8-2-1-3-9-20)23-11-4-5-12-24(23)30/h1-5,8-9,11-12,15,17,19,21-22H,6-7,10,13-14,16,18H2/t21-,22+/m0/s1. The maximum Gasteiger partial charge on any atom is 0.232 e. The number of hydrogen-bond acceptors (Lipinski definition) is 3. The van der Waals surface area contributed by atoms with Crippen molar-refractivity contribution in [3.63, 3.8) is 0 Å². The number of rotatable bonds is 6. The maximum absolute atomic E-state index is 13.7. The Hall–Kier alpha value is -3.41. The Morgan fingerprint density at radius 1 is 1.00 bits per heavy atom. The molecule has 32 heavy (non-hydrogen) atoms. The van der Waals surface area contributed by atoms with Crippen LogP contribution < -0.4 is 9.80 Å². The van der Waals surface area contributed by atoms with Crippen molar-refractivity contribution in [2.45, 2.75) is 51.2 Å². The first-order valence-electron chi connectivity index (χ1n) is 11.4. The van der Waals surface area contributed by atoms with E-state index in [0.717, 1.165) is 49.2 Å². The number of para-hydroxylation sites is 2. The molecule has 0 N–H and O–H groups in total. The van der Waals surface area contributed by atoms with Crippen LogP contribution >= 0.6 is 0 Å². The summed E-state index contributed by atoms with van der Waals surface area (Å²) in [6.45, 7) is 1.27. The number of aryl methyl sites for hydroxylation is 1. The highest BCUT2D eigenvalue weighted by atomic mass is 16.2. The molecule has 2 aliphatic rings. The lowest BCUT2D eigenvalue weighted by Crippen LogP contribution is -2.45. The lowest BCUT2D eigenvalue weighted by molar-refractivity contribution is -0.123. The Balaban J connectivity index is 1.46. The fourth-order valence-corrected chi connectivity index (χ4v) is 5.13. The molecule has 0 radical (unpaired) electrons. The number of anilines is 2. The van der Waals surface area contributed by atoms with Gasteiger partial charge >= 0.3 is 0 Å². The SMILES string of the molecule is O=C1[C@H]2CCC[C@H]2N(C(=O)CCCn2ccnc2)c2ccccc2N1Cc1ccccc1. The van der Waals surface area contributed by atoms with Crippen LogP contribution in [-0.2, 0) is 22.7 Å². The molecule has 1 fully saturated rings. The fourth-order valence-electron chi connectivity index (χ4n) is 5.13. The van der Waals surface area contributed by atoms with Gasteiger partial charge < -0.3 is 14.4 Å². The van der Waals surface area contributed by atoms with E-state index < -0.39 is 0 Å². The zero-order valence-electron chi connectivity index (χ0n) is 18.1. The molecular formula is C26H28N4O2. The summed E-state index contributed by atoms with van der Waals surface area (Å²) >= 11 is 0. The second-order valence-corrected chi connectivity index (χ2v) is 8.67. The molecule has 1 saturated carbocycles. The zero-order chi connectivity index (χ0) is 21.9. The molecule has 5 rings (SSSR count). The largest absolute Gasteiger partial charge is 0.337 e. The quantitative estimate of drug-likeness (QED) is 0.584. The molecular weight excluding hydrogens is 400 g/mol. The molecule has 0 saturated heterocycles. The van der Waals surface area contributed by atoms with E-state index in [1.807, 2.05) is 75.2 Å². The van der Waals surface area contributed by atoms with Gasteiger partial charge in [-0.05, 0) is 37.0 Å². The van der Waals surface area contributed by atoms with Crippen LogP contribution in [0.2, 0.25) is 0 Å². The normalized spacial score (nSPS) is 20.1. The Labute approximate surface area is 188 Å². The maximum atomic E-state index is 13.7. The van der Waals surface area contributed by atoms with E-state index in [2.05, 4.69) is 4.98 Å². The minimum atomic E-state index is -0.149. The number of nitrogens with zero attached hydrogens (tertiary/aromatic N) is 4. The van der Waals surface area contributed by atoms with E-state index in [1.165, 1.54) is 0 Å².